The fourth-order valence-corrected chi connectivity index (χ4v) is 2.72. The molecule has 1 N–H and O–H groups in total. The van der Waals surface area contributed by atoms with Crippen molar-refractivity contribution in [1.82, 2.24) is 4.98 Å². The minimum atomic E-state index is -1.42. The standard InChI is InChI=1S/C19H15FN2O2/c20-19(11-24-12-19)15-6-3-14(4-7-15)18(23)22-16-8-5-13-2-1-9-21-17(13)10-16/h1-10H,11-12H2,(H,22,23). The van der Waals surface area contributed by atoms with Gasteiger partial charge in [-0.1, -0.05) is 24.3 Å². The minimum absolute atomic E-state index is 0.0721. The van der Waals surface area contributed by atoms with Crippen molar-refractivity contribution < 1.29 is 13.9 Å². The normalized spacial score (nSPS) is 15.7. The summed E-state index contributed by atoms with van der Waals surface area (Å²) in [6.45, 7) is 0.144. The number of rotatable bonds is 3. The number of benzene rings is 2. The predicted octanol–water partition coefficient (Wildman–Crippen LogP) is 3.68. The van der Waals surface area contributed by atoms with Crippen LogP contribution in [0.25, 0.3) is 10.9 Å². The molecule has 3 aromatic rings. The van der Waals surface area contributed by atoms with Crippen LogP contribution in [0.3, 0.4) is 0 Å². The van der Waals surface area contributed by atoms with Gasteiger partial charge in [-0.2, -0.15) is 0 Å². The SMILES string of the molecule is O=C(Nc1ccc2cccnc2c1)c1ccc(C2(F)COC2)cc1. The van der Waals surface area contributed by atoms with E-state index in [-0.39, 0.29) is 19.1 Å². The molecule has 0 atom stereocenters. The van der Waals surface area contributed by atoms with Crippen LogP contribution in [0.15, 0.2) is 60.8 Å². The summed E-state index contributed by atoms with van der Waals surface area (Å²) in [4.78, 5) is 16.6. The number of anilines is 1. The van der Waals surface area contributed by atoms with Gasteiger partial charge in [-0.3, -0.25) is 9.78 Å². The Bertz CT molecular complexity index is 905. The Hall–Kier alpha value is -2.79. The lowest BCUT2D eigenvalue weighted by molar-refractivity contribution is -0.135. The summed E-state index contributed by atoms with van der Waals surface area (Å²) < 4.78 is 19.2. The van der Waals surface area contributed by atoms with E-state index in [4.69, 9.17) is 4.74 Å². The Morgan fingerprint density at radius 1 is 1.12 bits per heavy atom. The van der Waals surface area contributed by atoms with Gasteiger partial charge in [0.2, 0.25) is 0 Å². The molecule has 1 amide bonds. The average Bonchev–Trinajstić information content (AvgIpc) is 2.59. The topological polar surface area (TPSA) is 51.2 Å². The van der Waals surface area contributed by atoms with Gasteiger partial charge in [0, 0.05) is 22.8 Å². The number of fused-ring (bicyclic) bond motifs is 1. The highest BCUT2D eigenvalue weighted by Crippen LogP contribution is 2.33. The van der Waals surface area contributed by atoms with Crippen LogP contribution in [0.5, 0.6) is 0 Å². The van der Waals surface area contributed by atoms with E-state index in [1.807, 2.05) is 30.3 Å². The first-order valence-electron chi connectivity index (χ1n) is 7.67. The molecule has 1 aromatic heterocycles. The second kappa shape index (κ2) is 5.69. The fraction of sp³-hybridized carbons (Fsp3) is 0.158. The van der Waals surface area contributed by atoms with Crippen LogP contribution in [0.1, 0.15) is 15.9 Å². The molecule has 24 heavy (non-hydrogen) atoms. The van der Waals surface area contributed by atoms with Crippen LogP contribution in [-0.2, 0) is 10.4 Å². The van der Waals surface area contributed by atoms with E-state index in [2.05, 4.69) is 10.3 Å². The summed E-state index contributed by atoms with van der Waals surface area (Å²) >= 11 is 0. The van der Waals surface area contributed by atoms with Gasteiger partial charge in [-0.15, -0.1) is 0 Å². The number of hydrogen-bond donors (Lipinski definition) is 1. The highest BCUT2D eigenvalue weighted by Gasteiger charge is 2.40. The van der Waals surface area contributed by atoms with Gasteiger partial charge in [0.05, 0.1) is 18.7 Å². The van der Waals surface area contributed by atoms with E-state index in [1.165, 1.54) is 0 Å². The lowest BCUT2D eigenvalue weighted by Gasteiger charge is -2.34. The number of nitrogens with zero attached hydrogens (tertiary/aromatic N) is 1. The summed E-state index contributed by atoms with van der Waals surface area (Å²) in [7, 11) is 0. The second-order valence-electron chi connectivity index (χ2n) is 5.90. The first-order valence-corrected chi connectivity index (χ1v) is 7.67. The molecule has 2 aromatic carbocycles. The molecule has 4 rings (SSSR count). The summed E-state index contributed by atoms with van der Waals surface area (Å²) in [5.41, 5.74) is 1.09. The number of hydrogen-bond acceptors (Lipinski definition) is 3. The summed E-state index contributed by atoms with van der Waals surface area (Å²) in [6, 6.07) is 15.9. The number of pyridine rings is 1. The highest BCUT2D eigenvalue weighted by molar-refractivity contribution is 6.05. The van der Waals surface area contributed by atoms with Crippen LogP contribution in [0.4, 0.5) is 10.1 Å². The van der Waals surface area contributed by atoms with Gasteiger partial charge in [0.1, 0.15) is 0 Å². The predicted molar refractivity (Wildman–Crippen MR) is 89.7 cm³/mol. The number of ether oxygens (including phenoxy) is 1. The van der Waals surface area contributed by atoms with Crippen molar-refractivity contribution in [2.75, 3.05) is 18.5 Å². The highest BCUT2D eigenvalue weighted by atomic mass is 19.1. The Morgan fingerprint density at radius 3 is 2.62 bits per heavy atom. The molecule has 0 aliphatic carbocycles. The first kappa shape index (κ1) is 14.8. The molecule has 0 bridgehead atoms. The Morgan fingerprint density at radius 2 is 1.92 bits per heavy atom. The molecular weight excluding hydrogens is 307 g/mol. The minimum Gasteiger partial charge on any atom is -0.374 e. The number of nitrogens with one attached hydrogen (secondary N) is 1. The van der Waals surface area contributed by atoms with Crippen molar-refractivity contribution in [2.45, 2.75) is 5.67 Å². The zero-order valence-corrected chi connectivity index (χ0v) is 12.8. The number of aromatic nitrogens is 1. The van der Waals surface area contributed by atoms with Gasteiger partial charge in [-0.05, 0) is 35.9 Å². The van der Waals surface area contributed by atoms with E-state index in [9.17, 15) is 9.18 Å². The second-order valence-corrected chi connectivity index (χ2v) is 5.90. The molecule has 1 saturated heterocycles. The number of alkyl halides is 1. The van der Waals surface area contributed by atoms with Crippen molar-refractivity contribution in [3.05, 3.63) is 71.9 Å². The molecule has 4 nitrogen and oxygen atoms in total. The quantitative estimate of drug-likeness (QED) is 0.800. The lowest BCUT2D eigenvalue weighted by Crippen LogP contribution is -2.42. The van der Waals surface area contributed by atoms with E-state index < -0.39 is 5.67 Å². The van der Waals surface area contributed by atoms with E-state index in [1.54, 1.807) is 30.5 Å². The molecule has 0 radical (unpaired) electrons. The van der Waals surface area contributed by atoms with Crippen LogP contribution < -0.4 is 5.32 Å². The Balaban J connectivity index is 1.52. The Labute approximate surface area is 138 Å². The number of amides is 1. The fourth-order valence-electron chi connectivity index (χ4n) is 2.72. The largest absolute Gasteiger partial charge is 0.374 e. The van der Waals surface area contributed by atoms with Gasteiger partial charge in [0.25, 0.3) is 5.91 Å². The molecule has 120 valence electrons. The summed E-state index contributed by atoms with van der Waals surface area (Å²) in [5.74, 6) is -0.241. The van der Waals surface area contributed by atoms with Gasteiger partial charge in [-0.25, -0.2) is 4.39 Å². The van der Waals surface area contributed by atoms with E-state index in [0.29, 0.717) is 16.8 Å². The summed E-state index contributed by atoms with van der Waals surface area (Å²) in [5, 5.41) is 3.85. The maximum atomic E-state index is 14.2. The smallest absolute Gasteiger partial charge is 0.255 e. The maximum absolute atomic E-state index is 14.2. The molecule has 0 saturated carbocycles. The van der Waals surface area contributed by atoms with Crippen molar-refractivity contribution in [3.8, 4) is 0 Å². The molecule has 0 spiro atoms. The molecule has 0 unspecified atom stereocenters. The van der Waals surface area contributed by atoms with Crippen molar-refractivity contribution in [1.29, 1.82) is 0 Å². The van der Waals surface area contributed by atoms with Crippen LogP contribution in [-0.4, -0.2) is 24.1 Å². The van der Waals surface area contributed by atoms with Crippen LogP contribution in [0, 0.1) is 0 Å². The maximum Gasteiger partial charge on any atom is 0.255 e. The molecule has 1 aliphatic heterocycles. The third-order valence-corrected chi connectivity index (χ3v) is 4.19. The third kappa shape index (κ3) is 2.63. The molecule has 1 fully saturated rings. The van der Waals surface area contributed by atoms with Crippen LogP contribution in [0.2, 0.25) is 0 Å². The van der Waals surface area contributed by atoms with Gasteiger partial charge in [0.15, 0.2) is 5.67 Å². The van der Waals surface area contributed by atoms with Crippen LogP contribution >= 0.6 is 0 Å². The number of halogens is 1. The number of carbonyl (C=O) groups is 1. The molecule has 1 aliphatic rings. The van der Waals surface area contributed by atoms with Crippen molar-refractivity contribution in [3.63, 3.8) is 0 Å². The molecule has 2 heterocycles. The monoisotopic (exact) mass is 322 g/mol. The zero-order valence-electron chi connectivity index (χ0n) is 12.8. The summed E-state index contributed by atoms with van der Waals surface area (Å²) in [6.07, 6.45) is 1.71. The van der Waals surface area contributed by atoms with Crippen molar-refractivity contribution in [2.24, 2.45) is 0 Å². The third-order valence-electron chi connectivity index (χ3n) is 4.19. The van der Waals surface area contributed by atoms with E-state index in [0.717, 1.165) is 10.9 Å². The van der Waals surface area contributed by atoms with Crippen molar-refractivity contribution >= 4 is 22.5 Å². The average molecular weight is 322 g/mol. The number of carbonyl (C=O) groups excluding carboxylic acids is 1. The van der Waals surface area contributed by atoms with Gasteiger partial charge < -0.3 is 10.1 Å². The van der Waals surface area contributed by atoms with Gasteiger partial charge >= 0.3 is 0 Å². The first-order chi connectivity index (χ1) is 11.6. The zero-order chi connectivity index (χ0) is 16.6. The van der Waals surface area contributed by atoms with E-state index >= 15 is 0 Å². The molecular formula is C19H15FN2O2. The Kier molecular flexibility index (Phi) is 3.50. The lowest BCUT2D eigenvalue weighted by atomic mass is 9.93. The molecule has 5 heteroatoms.